The molecule has 1 aliphatic rings. The zero-order valence-electron chi connectivity index (χ0n) is 10.7. The van der Waals surface area contributed by atoms with E-state index in [-0.39, 0.29) is 11.9 Å². The van der Waals surface area contributed by atoms with Gasteiger partial charge in [-0.05, 0) is 12.8 Å². The van der Waals surface area contributed by atoms with E-state index in [9.17, 15) is 4.79 Å². The average molecular weight is 264 g/mol. The Morgan fingerprint density at radius 1 is 1.58 bits per heavy atom. The van der Waals surface area contributed by atoms with Gasteiger partial charge in [0.1, 0.15) is 5.82 Å². The van der Waals surface area contributed by atoms with Crippen molar-refractivity contribution in [2.75, 3.05) is 25.6 Å². The summed E-state index contributed by atoms with van der Waals surface area (Å²) < 4.78 is 9.87. The van der Waals surface area contributed by atoms with Crippen molar-refractivity contribution >= 4 is 18.0 Å². The Hall–Kier alpha value is -2.02. The number of carbonyl (C=O) groups excluding carboxylic acids is 1. The van der Waals surface area contributed by atoms with Gasteiger partial charge in [-0.25, -0.2) is 14.8 Å². The summed E-state index contributed by atoms with van der Waals surface area (Å²) in [7, 11) is 1.28. The summed E-state index contributed by atoms with van der Waals surface area (Å²) >= 11 is 0. The van der Waals surface area contributed by atoms with Crippen LogP contribution in [-0.2, 0) is 9.47 Å². The SMILES string of the molecule is COC(=O)c1ncc(C=N)c(NC2CCOCC2)n1. The Kier molecular flexibility index (Phi) is 4.40. The van der Waals surface area contributed by atoms with Crippen LogP contribution in [0.4, 0.5) is 5.82 Å². The van der Waals surface area contributed by atoms with Gasteiger partial charge in [0.15, 0.2) is 0 Å². The van der Waals surface area contributed by atoms with Gasteiger partial charge in [-0.15, -0.1) is 0 Å². The minimum absolute atomic E-state index is 0.0114. The number of hydrogen-bond donors (Lipinski definition) is 2. The van der Waals surface area contributed by atoms with E-state index in [0.717, 1.165) is 19.1 Å². The van der Waals surface area contributed by atoms with E-state index >= 15 is 0 Å². The molecule has 0 amide bonds. The molecule has 7 heteroatoms. The van der Waals surface area contributed by atoms with Crippen molar-refractivity contribution in [3.63, 3.8) is 0 Å². The summed E-state index contributed by atoms with van der Waals surface area (Å²) in [6, 6.07) is 0.229. The molecule has 0 aliphatic carbocycles. The molecule has 0 unspecified atom stereocenters. The number of hydrogen-bond acceptors (Lipinski definition) is 7. The lowest BCUT2D eigenvalue weighted by Crippen LogP contribution is -2.29. The molecule has 1 saturated heterocycles. The number of esters is 1. The molecule has 0 spiro atoms. The fourth-order valence-corrected chi connectivity index (χ4v) is 1.84. The van der Waals surface area contributed by atoms with E-state index in [1.54, 1.807) is 0 Å². The second-order valence-corrected chi connectivity index (χ2v) is 4.16. The summed E-state index contributed by atoms with van der Waals surface area (Å²) in [6.45, 7) is 1.40. The molecule has 1 fully saturated rings. The smallest absolute Gasteiger partial charge is 0.376 e. The first-order valence-electron chi connectivity index (χ1n) is 6.04. The molecule has 2 heterocycles. The van der Waals surface area contributed by atoms with Crippen LogP contribution in [0.25, 0.3) is 0 Å². The van der Waals surface area contributed by atoms with E-state index in [1.165, 1.54) is 13.3 Å². The summed E-state index contributed by atoms with van der Waals surface area (Å²) in [6.07, 6.45) is 4.33. The fourth-order valence-electron chi connectivity index (χ4n) is 1.84. The Bertz CT molecular complexity index is 472. The van der Waals surface area contributed by atoms with Crippen molar-refractivity contribution in [3.05, 3.63) is 17.6 Å². The lowest BCUT2D eigenvalue weighted by atomic mass is 10.1. The first-order chi connectivity index (χ1) is 9.24. The predicted molar refractivity (Wildman–Crippen MR) is 68.7 cm³/mol. The minimum Gasteiger partial charge on any atom is -0.463 e. The average Bonchev–Trinajstić information content (AvgIpc) is 2.47. The molecular weight excluding hydrogens is 248 g/mol. The highest BCUT2D eigenvalue weighted by molar-refractivity contribution is 5.88. The molecule has 1 aromatic rings. The van der Waals surface area contributed by atoms with Gasteiger partial charge in [-0.2, -0.15) is 0 Å². The van der Waals surface area contributed by atoms with Gasteiger partial charge in [-0.1, -0.05) is 0 Å². The van der Waals surface area contributed by atoms with Gasteiger partial charge < -0.3 is 20.2 Å². The standard InChI is InChI=1S/C12H16N4O3/c1-18-12(17)11-14-7-8(6-13)10(16-11)15-9-2-4-19-5-3-9/h6-7,9,13H,2-5H2,1H3,(H,14,15,16). The van der Waals surface area contributed by atoms with Crippen LogP contribution in [0.1, 0.15) is 29.0 Å². The highest BCUT2D eigenvalue weighted by atomic mass is 16.5. The maximum Gasteiger partial charge on any atom is 0.376 e. The molecule has 2 N–H and O–H groups in total. The molecule has 0 radical (unpaired) electrons. The zero-order valence-corrected chi connectivity index (χ0v) is 10.7. The number of rotatable bonds is 4. The number of nitrogens with zero attached hydrogens (tertiary/aromatic N) is 2. The first-order valence-corrected chi connectivity index (χ1v) is 6.04. The summed E-state index contributed by atoms with van der Waals surface area (Å²) in [5.41, 5.74) is 0.541. The molecule has 19 heavy (non-hydrogen) atoms. The van der Waals surface area contributed by atoms with Crippen molar-refractivity contribution in [1.82, 2.24) is 9.97 Å². The maximum atomic E-state index is 11.4. The summed E-state index contributed by atoms with van der Waals surface area (Å²) in [5.74, 6) is -0.119. The minimum atomic E-state index is -0.591. The van der Waals surface area contributed by atoms with Crippen molar-refractivity contribution in [3.8, 4) is 0 Å². The molecule has 102 valence electrons. The molecule has 0 saturated carbocycles. The summed E-state index contributed by atoms with van der Waals surface area (Å²) in [4.78, 5) is 19.4. The number of carbonyl (C=O) groups is 1. The Morgan fingerprint density at radius 2 is 2.32 bits per heavy atom. The number of anilines is 1. The monoisotopic (exact) mass is 264 g/mol. The normalized spacial score (nSPS) is 15.8. The third-order valence-corrected chi connectivity index (χ3v) is 2.90. The van der Waals surface area contributed by atoms with E-state index in [1.807, 2.05) is 0 Å². The maximum absolute atomic E-state index is 11.4. The second kappa shape index (κ2) is 6.24. The van der Waals surface area contributed by atoms with Crippen LogP contribution in [0.5, 0.6) is 0 Å². The quantitative estimate of drug-likeness (QED) is 0.618. The Balaban J connectivity index is 2.20. The molecule has 0 atom stereocenters. The Labute approximate surface area is 110 Å². The highest BCUT2D eigenvalue weighted by Gasteiger charge is 2.18. The topological polar surface area (TPSA) is 97.2 Å². The Morgan fingerprint density at radius 3 is 2.95 bits per heavy atom. The lowest BCUT2D eigenvalue weighted by molar-refractivity contribution is 0.0586. The number of aromatic nitrogens is 2. The molecule has 1 aliphatic heterocycles. The van der Waals surface area contributed by atoms with E-state index in [4.69, 9.17) is 10.1 Å². The number of methoxy groups -OCH3 is 1. The number of ether oxygens (including phenoxy) is 2. The third-order valence-electron chi connectivity index (χ3n) is 2.90. The van der Waals surface area contributed by atoms with Crippen LogP contribution in [0.2, 0.25) is 0 Å². The largest absolute Gasteiger partial charge is 0.463 e. The van der Waals surface area contributed by atoms with Crippen molar-refractivity contribution in [2.24, 2.45) is 0 Å². The molecule has 0 aromatic carbocycles. The van der Waals surface area contributed by atoms with Gasteiger partial charge in [0, 0.05) is 31.7 Å². The first kappa shape index (κ1) is 13.4. The molecule has 7 nitrogen and oxygen atoms in total. The summed E-state index contributed by atoms with van der Waals surface area (Å²) in [5, 5.41) is 10.6. The highest BCUT2D eigenvalue weighted by Crippen LogP contribution is 2.16. The lowest BCUT2D eigenvalue weighted by Gasteiger charge is -2.24. The van der Waals surface area contributed by atoms with Gasteiger partial charge >= 0.3 is 5.97 Å². The van der Waals surface area contributed by atoms with Crippen LogP contribution < -0.4 is 5.32 Å². The molecule has 0 bridgehead atoms. The third kappa shape index (κ3) is 3.25. The van der Waals surface area contributed by atoms with E-state index in [2.05, 4.69) is 20.0 Å². The number of nitrogens with one attached hydrogen (secondary N) is 2. The van der Waals surface area contributed by atoms with Crippen LogP contribution in [0.3, 0.4) is 0 Å². The van der Waals surface area contributed by atoms with Crippen LogP contribution in [0.15, 0.2) is 6.20 Å². The second-order valence-electron chi connectivity index (χ2n) is 4.16. The van der Waals surface area contributed by atoms with Gasteiger partial charge in [0.05, 0.1) is 12.7 Å². The predicted octanol–water partition coefficient (Wildman–Crippen LogP) is 0.852. The van der Waals surface area contributed by atoms with Gasteiger partial charge in [0.2, 0.25) is 5.82 Å². The van der Waals surface area contributed by atoms with Crippen molar-refractivity contribution in [1.29, 1.82) is 5.41 Å². The van der Waals surface area contributed by atoms with E-state index in [0.29, 0.717) is 24.6 Å². The fraction of sp³-hybridized carbons (Fsp3) is 0.500. The van der Waals surface area contributed by atoms with Gasteiger partial charge in [-0.3, -0.25) is 0 Å². The van der Waals surface area contributed by atoms with Crippen LogP contribution in [-0.4, -0.2) is 48.5 Å². The zero-order chi connectivity index (χ0) is 13.7. The van der Waals surface area contributed by atoms with Crippen LogP contribution >= 0.6 is 0 Å². The van der Waals surface area contributed by atoms with Gasteiger partial charge in [0.25, 0.3) is 0 Å². The molecule has 1 aromatic heterocycles. The van der Waals surface area contributed by atoms with Crippen molar-refractivity contribution in [2.45, 2.75) is 18.9 Å². The van der Waals surface area contributed by atoms with Crippen LogP contribution in [0, 0.1) is 5.41 Å². The van der Waals surface area contributed by atoms with Crippen molar-refractivity contribution < 1.29 is 14.3 Å². The molecular formula is C12H16N4O3. The molecule has 2 rings (SSSR count). The van der Waals surface area contributed by atoms with E-state index < -0.39 is 5.97 Å².